The van der Waals surface area contributed by atoms with E-state index in [1.165, 1.54) is 0 Å². The first-order valence-corrected chi connectivity index (χ1v) is 10.4. The Balaban J connectivity index is 1.43. The fraction of sp³-hybridized carbons (Fsp3) is 0.333. The summed E-state index contributed by atoms with van der Waals surface area (Å²) in [4.78, 5) is 47.4. The van der Waals surface area contributed by atoms with Gasteiger partial charge in [0.15, 0.2) is 19.0 Å². The average molecular weight is 438 g/mol. The molecule has 0 unspecified atom stereocenters. The first-order valence-electron chi connectivity index (χ1n) is 10.4. The van der Waals surface area contributed by atoms with Crippen LogP contribution in [-0.2, 0) is 25.5 Å². The van der Waals surface area contributed by atoms with Gasteiger partial charge in [-0.05, 0) is 60.4 Å². The smallest absolute Gasteiger partial charge is 0.344 e. The van der Waals surface area contributed by atoms with Gasteiger partial charge in [-0.2, -0.15) is 0 Å². The van der Waals surface area contributed by atoms with E-state index in [-0.39, 0.29) is 30.1 Å². The molecule has 0 bridgehead atoms. The van der Waals surface area contributed by atoms with Crippen LogP contribution in [0.4, 0.5) is 11.4 Å². The largest absolute Gasteiger partial charge is 0.482 e. The van der Waals surface area contributed by atoms with Crippen LogP contribution >= 0.6 is 0 Å². The number of fused-ring (bicyclic) bond motifs is 1. The van der Waals surface area contributed by atoms with Crippen molar-refractivity contribution in [3.8, 4) is 5.75 Å². The summed E-state index contributed by atoms with van der Waals surface area (Å²) in [6.07, 6.45) is 1.43. The van der Waals surface area contributed by atoms with Crippen molar-refractivity contribution in [2.75, 3.05) is 23.8 Å². The lowest BCUT2D eigenvalue weighted by molar-refractivity contribution is -0.144. The minimum absolute atomic E-state index is 0.0232. The number of hydrogen-bond acceptors (Lipinski definition) is 6. The van der Waals surface area contributed by atoms with Crippen LogP contribution in [0.5, 0.6) is 5.75 Å². The second kappa shape index (κ2) is 10.6. The van der Waals surface area contributed by atoms with Gasteiger partial charge in [-0.25, -0.2) is 4.79 Å². The molecule has 3 rings (SSSR count). The summed E-state index contributed by atoms with van der Waals surface area (Å²) in [7, 11) is 0. The Morgan fingerprint density at radius 3 is 2.50 bits per heavy atom. The number of hydrogen-bond donors (Lipinski definition) is 2. The van der Waals surface area contributed by atoms with Crippen molar-refractivity contribution in [1.29, 1.82) is 0 Å². The topological polar surface area (TPSA) is 111 Å². The van der Waals surface area contributed by atoms with Crippen molar-refractivity contribution in [2.24, 2.45) is 5.92 Å². The van der Waals surface area contributed by atoms with Gasteiger partial charge >= 0.3 is 5.97 Å². The molecule has 1 aliphatic heterocycles. The van der Waals surface area contributed by atoms with Crippen LogP contribution in [0.1, 0.15) is 42.6 Å². The van der Waals surface area contributed by atoms with E-state index in [1.54, 1.807) is 42.5 Å². The third-order valence-electron chi connectivity index (χ3n) is 4.78. The predicted octanol–water partition coefficient (Wildman–Crippen LogP) is 3.36. The maximum atomic E-state index is 12.2. The molecule has 2 N–H and O–H groups in total. The molecule has 8 heteroatoms. The van der Waals surface area contributed by atoms with Gasteiger partial charge in [0.1, 0.15) is 5.75 Å². The van der Waals surface area contributed by atoms with Crippen molar-refractivity contribution < 1.29 is 28.7 Å². The molecular formula is C24H26N2O6. The Morgan fingerprint density at radius 2 is 1.78 bits per heavy atom. The molecule has 2 aromatic rings. The maximum Gasteiger partial charge on any atom is 0.344 e. The second-order valence-electron chi connectivity index (χ2n) is 7.96. The fourth-order valence-corrected chi connectivity index (χ4v) is 3.19. The molecule has 1 heterocycles. The monoisotopic (exact) mass is 438 g/mol. The van der Waals surface area contributed by atoms with E-state index in [0.717, 1.165) is 11.3 Å². The summed E-state index contributed by atoms with van der Waals surface area (Å²) in [5.41, 5.74) is 2.65. The van der Waals surface area contributed by atoms with Crippen LogP contribution in [0.2, 0.25) is 0 Å². The third kappa shape index (κ3) is 6.66. The summed E-state index contributed by atoms with van der Waals surface area (Å²) in [6, 6.07) is 11.6. The Hall–Kier alpha value is -3.68. The van der Waals surface area contributed by atoms with Gasteiger partial charge < -0.3 is 20.1 Å². The third-order valence-corrected chi connectivity index (χ3v) is 4.78. The van der Waals surface area contributed by atoms with E-state index in [0.29, 0.717) is 36.3 Å². The predicted molar refractivity (Wildman–Crippen MR) is 119 cm³/mol. The number of esters is 1. The molecule has 0 radical (unpaired) electrons. The number of carbonyl (C=O) groups is 4. The SMILES string of the molecule is CC(C)CC(=O)Nc1ccc(C(=O)COC(=O)COc2ccc3c(c2)CCC(=O)N3)cc1. The van der Waals surface area contributed by atoms with E-state index >= 15 is 0 Å². The fourth-order valence-electron chi connectivity index (χ4n) is 3.19. The van der Waals surface area contributed by atoms with Gasteiger partial charge in [-0.15, -0.1) is 0 Å². The van der Waals surface area contributed by atoms with Crippen LogP contribution in [-0.4, -0.2) is 36.8 Å². The molecule has 168 valence electrons. The highest BCUT2D eigenvalue weighted by Crippen LogP contribution is 2.26. The summed E-state index contributed by atoms with van der Waals surface area (Å²) in [5.74, 6) is -0.394. The van der Waals surface area contributed by atoms with Crippen LogP contribution < -0.4 is 15.4 Å². The Morgan fingerprint density at radius 1 is 1.03 bits per heavy atom. The number of amides is 2. The van der Waals surface area contributed by atoms with Crippen LogP contribution in [0.3, 0.4) is 0 Å². The van der Waals surface area contributed by atoms with Gasteiger partial charge in [0, 0.05) is 29.8 Å². The Labute approximate surface area is 186 Å². The zero-order valence-corrected chi connectivity index (χ0v) is 18.1. The molecular weight excluding hydrogens is 412 g/mol. The molecule has 0 aliphatic carbocycles. The maximum absolute atomic E-state index is 12.2. The van der Waals surface area contributed by atoms with E-state index < -0.39 is 12.6 Å². The number of Topliss-reactive ketones (excluding diaryl/α,β-unsaturated/α-hetero) is 1. The quantitative estimate of drug-likeness (QED) is 0.459. The highest BCUT2D eigenvalue weighted by Gasteiger charge is 2.16. The first kappa shape index (κ1) is 23.0. The Bertz CT molecular complexity index is 1010. The Kier molecular flexibility index (Phi) is 7.59. The normalized spacial score (nSPS) is 12.5. The lowest BCUT2D eigenvalue weighted by atomic mass is 10.0. The van der Waals surface area contributed by atoms with Crippen molar-refractivity contribution in [3.05, 3.63) is 53.6 Å². The van der Waals surface area contributed by atoms with E-state index in [1.807, 2.05) is 13.8 Å². The standard InChI is InChI=1S/C24H26N2O6/c1-15(2)11-23(29)25-18-6-3-16(4-7-18)21(27)13-32-24(30)14-31-19-8-9-20-17(12-19)5-10-22(28)26-20/h3-4,6-9,12,15H,5,10-11,13-14H2,1-2H3,(H,25,29)(H,26,28). The summed E-state index contributed by atoms with van der Waals surface area (Å²) in [5, 5.41) is 5.55. The summed E-state index contributed by atoms with van der Waals surface area (Å²) >= 11 is 0. The van der Waals surface area contributed by atoms with Crippen LogP contribution in [0.15, 0.2) is 42.5 Å². The van der Waals surface area contributed by atoms with E-state index in [4.69, 9.17) is 9.47 Å². The number of ether oxygens (including phenoxy) is 2. The summed E-state index contributed by atoms with van der Waals surface area (Å²) < 4.78 is 10.4. The number of rotatable bonds is 9. The first-order chi connectivity index (χ1) is 15.3. The van der Waals surface area contributed by atoms with Crippen LogP contribution in [0.25, 0.3) is 0 Å². The lowest BCUT2D eigenvalue weighted by Crippen LogP contribution is -2.20. The van der Waals surface area contributed by atoms with Crippen molar-refractivity contribution >= 4 is 34.9 Å². The van der Waals surface area contributed by atoms with E-state index in [9.17, 15) is 19.2 Å². The molecule has 0 fully saturated rings. The molecule has 0 atom stereocenters. The zero-order valence-electron chi connectivity index (χ0n) is 18.1. The number of nitrogens with one attached hydrogen (secondary N) is 2. The number of benzene rings is 2. The van der Waals surface area contributed by atoms with Crippen molar-refractivity contribution in [3.63, 3.8) is 0 Å². The zero-order chi connectivity index (χ0) is 23.1. The van der Waals surface area contributed by atoms with Gasteiger partial charge in [0.2, 0.25) is 11.8 Å². The summed E-state index contributed by atoms with van der Waals surface area (Å²) in [6.45, 7) is 3.18. The molecule has 2 amide bonds. The number of anilines is 2. The molecule has 32 heavy (non-hydrogen) atoms. The minimum atomic E-state index is -0.665. The molecule has 0 saturated carbocycles. The lowest BCUT2D eigenvalue weighted by Gasteiger charge is -2.17. The number of carbonyl (C=O) groups excluding carboxylic acids is 4. The van der Waals surface area contributed by atoms with Crippen molar-refractivity contribution in [1.82, 2.24) is 0 Å². The second-order valence-corrected chi connectivity index (χ2v) is 7.96. The molecule has 8 nitrogen and oxygen atoms in total. The van der Waals surface area contributed by atoms with Crippen LogP contribution in [0, 0.1) is 5.92 Å². The van der Waals surface area contributed by atoms with Gasteiger partial charge in [0.05, 0.1) is 0 Å². The molecule has 0 aromatic heterocycles. The molecule has 2 aromatic carbocycles. The molecule has 0 saturated heterocycles. The highest BCUT2D eigenvalue weighted by molar-refractivity contribution is 5.99. The minimum Gasteiger partial charge on any atom is -0.482 e. The van der Waals surface area contributed by atoms with Crippen molar-refractivity contribution in [2.45, 2.75) is 33.1 Å². The average Bonchev–Trinajstić information content (AvgIpc) is 2.75. The number of ketones is 1. The molecule has 1 aliphatic rings. The van der Waals surface area contributed by atoms with Gasteiger partial charge in [0.25, 0.3) is 0 Å². The number of aryl methyl sites for hydroxylation is 1. The van der Waals surface area contributed by atoms with Gasteiger partial charge in [-0.1, -0.05) is 13.8 Å². The van der Waals surface area contributed by atoms with E-state index in [2.05, 4.69) is 10.6 Å². The van der Waals surface area contributed by atoms with Gasteiger partial charge in [-0.3, -0.25) is 14.4 Å². The molecule has 0 spiro atoms. The highest BCUT2D eigenvalue weighted by atomic mass is 16.6.